The van der Waals surface area contributed by atoms with Crippen LogP contribution in [0.5, 0.6) is 0 Å². The van der Waals surface area contributed by atoms with E-state index in [0.717, 1.165) is 62.0 Å². The summed E-state index contributed by atoms with van der Waals surface area (Å²) in [6, 6.07) is 2.38. The average molecular weight is 305 g/mol. The van der Waals surface area contributed by atoms with Crippen molar-refractivity contribution in [3.05, 3.63) is 16.7 Å². The fourth-order valence-electron chi connectivity index (χ4n) is 3.35. The van der Waals surface area contributed by atoms with Gasteiger partial charge in [0, 0.05) is 5.56 Å². The number of hydrogen-bond donors (Lipinski definition) is 1. The van der Waals surface area contributed by atoms with Gasteiger partial charge in [0.2, 0.25) is 5.03 Å². The summed E-state index contributed by atoms with van der Waals surface area (Å²) < 4.78 is 7.19. The molecule has 0 aromatic carbocycles. The molecule has 0 atom stereocenters. The number of hydrogen-bond acceptors (Lipinski definition) is 5. The first-order chi connectivity index (χ1) is 10.3. The number of morpholine rings is 1. The van der Waals surface area contributed by atoms with Crippen LogP contribution in [0.3, 0.4) is 0 Å². The molecule has 0 saturated carbocycles. The Morgan fingerprint density at radius 2 is 1.90 bits per heavy atom. The lowest BCUT2D eigenvalue weighted by Crippen LogP contribution is -2.55. The van der Waals surface area contributed by atoms with Crippen molar-refractivity contribution < 1.29 is 9.41 Å². The zero-order valence-corrected chi connectivity index (χ0v) is 13.2. The van der Waals surface area contributed by atoms with Crippen molar-refractivity contribution in [2.45, 2.75) is 30.7 Å². The Morgan fingerprint density at radius 1 is 1.24 bits per heavy atom. The van der Waals surface area contributed by atoms with Crippen LogP contribution in [0.4, 0.5) is 5.82 Å². The number of nitrogen functional groups attached to an aromatic ring is 1. The van der Waals surface area contributed by atoms with Gasteiger partial charge in [-0.2, -0.15) is 5.26 Å². The zero-order valence-electron chi connectivity index (χ0n) is 12.4. The number of anilines is 1. The maximum atomic E-state index is 9.57. The average Bonchev–Trinajstić information content (AvgIpc) is 2.54. The maximum absolute atomic E-state index is 9.57. The highest BCUT2D eigenvalue weighted by Crippen LogP contribution is 2.34. The highest BCUT2D eigenvalue weighted by atomic mass is 32.2. The molecule has 2 heterocycles. The van der Waals surface area contributed by atoms with Crippen LogP contribution in [-0.2, 0) is 17.6 Å². The molecule has 21 heavy (non-hydrogen) atoms. The van der Waals surface area contributed by atoms with Crippen molar-refractivity contribution in [3.8, 4) is 6.07 Å². The van der Waals surface area contributed by atoms with Gasteiger partial charge < -0.3 is 4.74 Å². The first-order valence-corrected chi connectivity index (χ1v) is 8.66. The van der Waals surface area contributed by atoms with E-state index in [0.29, 0.717) is 0 Å². The number of nitrogens with zero attached hydrogens (tertiary/aromatic N) is 3. The lowest BCUT2D eigenvalue weighted by molar-refractivity contribution is -0.665. The molecule has 2 N–H and O–H groups in total. The number of rotatable bonds is 2. The van der Waals surface area contributed by atoms with Crippen molar-refractivity contribution in [1.82, 2.24) is 0 Å². The van der Waals surface area contributed by atoms with Crippen LogP contribution in [0, 0.1) is 11.3 Å². The van der Waals surface area contributed by atoms with Gasteiger partial charge in [-0.25, -0.2) is 0 Å². The number of aromatic nitrogens is 1. The summed E-state index contributed by atoms with van der Waals surface area (Å²) in [5, 5.41) is 10.4. The molecule has 6 heteroatoms. The van der Waals surface area contributed by atoms with Crippen LogP contribution in [0.15, 0.2) is 5.03 Å². The Labute approximate surface area is 129 Å². The van der Waals surface area contributed by atoms with E-state index in [-0.39, 0.29) is 0 Å². The van der Waals surface area contributed by atoms with E-state index in [2.05, 4.69) is 11.0 Å². The molecule has 3 rings (SSSR count). The van der Waals surface area contributed by atoms with Crippen molar-refractivity contribution in [3.63, 3.8) is 0 Å². The molecule has 0 bridgehead atoms. The lowest BCUT2D eigenvalue weighted by Gasteiger charge is -2.28. The van der Waals surface area contributed by atoms with Crippen molar-refractivity contribution >= 4 is 17.6 Å². The number of nitriles is 1. The van der Waals surface area contributed by atoms with E-state index >= 15 is 0 Å². The molecular weight excluding hydrogens is 284 g/mol. The van der Waals surface area contributed by atoms with Gasteiger partial charge in [0.1, 0.15) is 24.7 Å². The largest absolute Gasteiger partial charge is 0.373 e. The standard InChI is InChI=1S/C15H21N4OS/c1-21-15-13(10-16)11-4-2-3-5-12(11)14(19(15)17)18-6-8-20-9-7-18/h2-9,17H2,1H3/q+1. The van der Waals surface area contributed by atoms with E-state index in [1.165, 1.54) is 17.5 Å². The molecule has 1 aromatic heterocycles. The number of ether oxygens (including phenoxy) is 1. The summed E-state index contributed by atoms with van der Waals surface area (Å²) in [4.78, 5) is 2.31. The normalized spacial score (nSPS) is 18.2. The highest BCUT2D eigenvalue weighted by Gasteiger charge is 2.33. The second kappa shape index (κ2) is 6.12. The Hall–Kier alpha value is -1.45. The molecule has 0 radical (unpaired) electrons. The molecule has 1 aliphatic carbocycles. The van der Waals surface area contributed by atoms with Gasteiger partial charge in [0.15, 0.2) is 0 Å². The van der Waals surface area contributed by atoms with Crippen LogP contribution in [0.1, 0.15) is 29.5 Å². The molecule has 5 nitrogen and oxygen atoms in total. The van der Waals surface area contributed by atoms with Gasteiger partial charge in [0.25, 0.3) is 0 Å². The SMILES string of the molecule is CSc1c(C#N)c2c(c(N3CCOCC3)[n+]1N)CCCC2. The Kier molecular flexibility index (Phi) is 4.22. The molecule has 1 aliphatic heterocycles. The van der Waals surface area contributed by atoms with Crippen LogP contribution < -0.4 is 15.4 Å². The molecular formula is C15H21N4OS+. The Morgan fingerprint density at radius 3 is 2.52 bits per heavy atom. The first kappa shape index (κ1) is 14.5. The lowest BCUT2D eigenvalue weighted by atomic mass is 9.89. The third kappa shape index (κ3) is 2.45. The minimum atomic E-state index is 0.739. The zero-order chi connectivity index (χ0) is 14.8. The topological polar surface area (TPSA) is 66.2 Å². The van der Waals surface area contributed by atoms with Gasteiger partial charge in [-0.3, -0.25) is 10.7 Å². The van der Waals surface area contributed by atoms with Gasteiger partial charge in [-0.15, -0.1) is 4.68 Å². The van der Waals surface area contributed by atoms with Gasteiger partial charge in [-0.1, -0.05) is 11.8 Å². The molecule has 0 unspecified atom stereocenters. The van der Waals surface area contributed by atoms with Crippen molar-refractivity contribution in [2.24, 2.45) is 0 Å². The second-order valence-electron chi connectivity index (χ2n) is 5.45. The smallest absolute Gasteiger partial charge is 0.304 e. The van der Waals surface area contributed by atoms with E-state index < -0.39 is 0 Å². The number of fused-ring (bicyclic) bond motifs is 1. The Balaban J connectivity index is 2.20. The number of thioether (sulfide) groups is 1. The fourth-order valence-corrected chi connectivity index (χ4v) is 4.01. The fraction of sp³-hybridized carbons (Fsp3) is 0.600. The minimum Gasteiger partial charge on any atom is -0.373 e. The number of nitrogens with two attached hydrogens (primary N) is 1. The molecule has 0 amide bonds. The van der Waals surface area contributed by atoms with Gasteiger partial charge in [-0.05, 0) is 37.5 Å². The molecule has 112 valence electrons. The number of pyridine rings is 1. The van der Waals surface area contributed by atoms with Crippen molar-refractivity contribution in [1.29, 1.82) is 5.26 Å². The quantitative estimate of drug-likeness (QED) is 0.501. The van der Waals surface area contributed by atoms with E-state index in [4.69, 9.17) is 10.6 Å². The third-order valence-electron chi connectivity index (χ3n) is 4.32. The monoisotopic (exact) mass is 305 g/mol. The van der Waals surface area contributed by atoms with E-state index in [1.54, 1.807) is 16.4 Å². The summed E-state index contributed by atoms with van der Waals surface area (Å²) in [7, 11) is 0. The molecule has 1 fully saturated rings. The van der Waals surface area contributed by atoms with Gasteiger partial charge in [0.05, 0.1) is 13.2 Å². The van der Waals surface area contributed by atoms with Crippen LogP contribution in [-0.4, -0.2) is 32.6 Å². The highest BCUT2D eigenvalue weighted by molar-refractivity contribution is 7.98. The molecule has 1 saturated heterocycles. The predicted octanol–water partition coefficient (Wildman–Crippen LogP) is 0.997. The molecule has 0 spiro atoms. The van der Waals surface area contributed by atoms with Crippen LogP contribution in [0.2, 0.25) is 0 Å². The molecule has 2 aliphatic rings. The maximum Gasteiger partial charge on any atom is 0.304 e. The summed E-state index contributed by atoms with van der Waals surface area (Å²) in [5.41, 5.74) is 3.27. The Bertz CT molecular complexity index is 591. The van der Waals surface area contributed by atoms with E-state index in [1.807, 2.05) is 6.26 Å². The predicted molar refractivity (Wildman–Crippen MR) is 83.0 cm³/mol. The molecule has 1 aromatic rings. The van der Waals surface area contributed by atoms with Crippen LogP contribution >= 0.6 is 11.8 Å². The summed E-state index contributed by atoms with van der Waals surface area (Å²) >= 11 is 1.56. The first-order valence-electron chi connectivity index (χ1n) is 7.43. The van der Waals surface area contributed by atoms with Crippen molar-refractivity contribution in [2.75, 3.05) is 43.3 Å². The summed E-state index contributed by atoms with van der Waals surface area (Å²) in [5.74, 6) is 7.48. The summed E-state index contributed by atoms with van der Waals surface area (Å²) in [6.07, 6.45) is 6.32. The van der Waals surface area contributed by atoms with Crippen LogP contribution in [0.25, 0.3) is 0 Å². The van der Waals surface area contributed by atoms with Gasteiger partial charge >= 0.3 is 5.82 Å². The third-order valence-corrected chi connectivity index (χ3v) is 5.10. The second-order valence-corrected chi connectivity index (χ2v) is 6.25. The van der Waals surface area contributed by atoms with E-state index in [9.17, 15) is 5.26 Å². The minimum absolute atomic E-state index is 0.739. The summed E-state index contributed by atoms with van der Waals surface area (Å²) in [6.45, 7) is 3.21.